The molecule has 0 aliphatic rings. The smallest absolute Gasteiger partial charge is 0.145 e. The van der Waals surface area contributed by atoms with Crippen molar-refractivity contribution in [2.45, 2.75) is 0 Å². The second-order valence-electron chi connectivity index (χ2n) is 3.32. The Labute approximate surface area is 112 Å². The van der Waals surface area contributed by atoms with E-state index >= 15 is 0 Å². The van der Waals surface area contributed by atoms with E-state index < -0.39 is 0 Å². The van der Waals surface area contributed by atoms with Crippen molar-refractivity contribution in [3.8, 4) is 5.75 Å². The quantitative estimate of drug-likeness (QED) is 0.667. The van der Waals surface area contributed by atoms with Gasteiger partial charge in [0.25, 0.3) is 0 Å². The van der Waals surface area contributed by atoms with Crippen LogP contribution in [0.4, 0.5) is 0 Å². The van der Waals surface area contributed by atoms with Crippen molar-refractivity contribution in [2.75, 3.05) is 6.61 Å². The van der Waals surface area contributed by atoms with Gasteiger partial charge in [-0.15, -0.1) is 24.8 Å². The molecule has 3 N–H and O–H groups in total. The molecule has 0 saturated heterocycles. The van der Waals surface area contributed by atoms with Crippen LogP contribution in [-0.2, 0) is 0 Å². The fraction of sp³-hybridized carbons (Fsp3) is 0.0833. The van der Waals surface area contributed by atoms with Gasteiger partial charge >= 0.3 is 0 Å². The highest BCUT2D eigenvalue weighted by Crippen LogP contribution is 2.20. The molecule has 0 fully saturated rings. The van der Waals surface area contributed by atoms with E-state index in [1.807, 2.05) is 42.5 Å². The number of hydrogen-bond donors (Lipinski definition) is 2. The molecule has 0 heterocycles. The van der Waals surface area contributed by atoms with Gasteiger partial charge in [0, 0.05) is 0 Å². The first kappa shape index (κ1) is 15.6. The summed E-state index contributed by atoms with van der Waals surface area (Å²) in [6.07, 6.45) is 0. The Bertz CT molecular complexity index is 503. The Morgan fingerprint density at radius 3 is 2.35 bits per heavy atom. The minimum Gasteiger partial charge on any atom is -0.486 e. The van der Waals surface area contributed by atoms with Gasteiger partial charge in [0.15, 0.2) is 0 Å². The van der Waals surface area contributed by atoms with Crippen LogP contribution in [0.3, 0.4) is 0 Å². The van der Waals surface area contributed by atoms with Gasteiger partial charge in [0.1, 0.15) is 18.2 Å². The Morgan fingerprint density at radius 1 is 1.06 bits per heavy atom. The lowest BCUT2D eigenvalue weighted by Gasteiger charge is -2.05. The number of ether oxygens (including phenoxy) is 1. The van der Waals surface area contributed by atoms with E-state index in [0.717, 1.165) is 11.1 Å². The maximum atomic E-state index is 7.06. The first-order chi connectivity index (χ1) is 7.25. The van der Waals surface area contributed by atoms with Crippen molar-refractivity contribution < 1.29 is 4.74 Å². The number of amidine groups is 1. The van der Waals surface area contributed by atoms with Crippen LogP contribution < -0.4 is 10.5 Å². The number of benzene rings is 2. The summed E-state index contributed by atoms with van der Waals surface area (Å²) in [6, 6.07) is 13.9. The van der Waals surface area contributed by atoms with E-state index in [2.05, 4.69) is 0 Å². The van der Waals surface area contributed by atoms with Crippen molar-refractivity contribution >= 4 is 41.4 Å². The van der Waals surface area contributed by atoms with Crippen LogP contribution in [0.25, 0.3) is 10.8 Å². The lowest BCUT2D eigenvalue weighted by molar-refractivity contribution is 0.375. The van der Waals surface area contributed by atoms with Crippen LogP contribution >= 0.6 is 24.8 Å². The number of fused-ring (bicyclic) bond motifs is 1. The average Bonchev–Trinajstić information content (AvgIpc) is 2.26. The molecule has 17 heavy (non-hydrogen) atoms. The highest BCUT2D eigenvalue weighted by atomic mass is 35.5. The summed E-state index contributed by atoms with van der Waals surface area (Å²) in [5.41, 5.74) is 5.21. The molecule has 92 valence electrons. The maximum absolute atomic E-state index is 7.06. The summed E-state index contributed by atoms with van der Waals surface area (Å²) >= 11 is 0. The first-order valence-corrected chi connectivity index (χ1v) is 4.70. The third-order valence-electron chi connectivity index (χ3n) is 2.12. The van der Waals surface area contributed by atoms with Gasteiger partial charge in [-0.25, -0.2) is 0 Å². The molecule has 2 aromatic rings. The Kier molecular flexibility index (Phi) is 6.39. The summed E-state index contributed by atoms with van der Waals surface area (Å²) in [5.74, 6) is 0.770. The highest BCUT2D eigenvalue weighted by molar-refractivity contribution is 5.86. The van der Waals surface area contributed by atoms with Gasteiger partial charge in [-0.2, -0.15) is 0 Å². The highest BCUT2D eigenvalue weighted by Gasteiger charge is 1.97. The topological polar surface area (TPSA) is 59.1 Å². The number of hydrogen-bond acceptors (Lipinski definition) is 2. The van der Waals surface area contributed by atoms with Gasteiger partial charge < -0.3 is 10.5 Å². The molecule has 2 rings (SSSR count). The third kappa shape index (κ3) is 4.13. The zero-order chi connectivity index (χ0) is 10.7. The number of rotatable bonds is 3. The van der Waals surface area contributed by atoms with Crippen LogP contribution in [0.1, 0.15) is 0 Å². The predicted octanol–water partition coefficient (Wildman–Crippen LogP) is 3.00. The number of nitrogens with one attached hydrogen (secondary N) is 1. The molecule has 0 bridgehead atoms. The standard InChI is InChI=1S/C12H12N2O.2ClH/c13-12(14)8-15-11-6-5-9-3-1-2-4-10(9)7-11;;/h1-7H,8H2,(H3,13,14);2*1H. The molecule has 0 atom stereocenters. The molecule has 0 spiro atoms. The van der Waals surface area contributed by atoms with Gasteiger partial charge in [-0.05, 0) is 22.9 Å². The largest absolute Gasteiger partial charge is 0.486 e. The molecule has 5 heteroatoms. The van der Waals surface area contributed by atoms with E-state index in [0.29, 0.717) is 0 Å². The molecule has 3 nitrogen and oxygen atoms in total. The minimum atomic E-state index is 0. The summed E-state index contributed by atoms with van der Waals surface area (Å²) in [5, 5.41) is 9.36. The molecule has 0 aromatic heterocycles. The van der Waals surface area contributed by atoms with E-state index in [1.54, 1.807) is 0 Å². The van der Waals surface area contributed by atoms with E-state index in [4.69, 9.17) is 15.9 Å². The minimum absolute atomic E-state index is 0. The molecule has 0 saturated carbocycles. The summed E-state index contributed by atoms with van der Waals surface area (Å²) in [6.45, 7) is 0.137. The predicted molar refractivity (Wildman–Crippen MR) is 75.9 cm³/mol. The molecule has 2 aromatic carbocycles. The van der Waals surface area contributed by atoms with Crippen molar-refractivity contribution in [1.29, 1.82) is 5.41 Å². The monoisotopic (exact) mass is 272 g/mol. The third-order valence-corrected chi connectivity index (χ3v) is 2.12. The average molecular weight is 273 g/mol. The molecule has 0 amide bonds. The Balaban J connectivity index is 0.00000128. The van der Waals surface area contributed by atoms with Crippen molar-refractivity contribution in [1.82, 2.24) is 0 Å². The second-order valence-corrected chi connectivity index (χ2v) is 3.32. The molecule has 0 radical (unpaired) electrons. The van der Waals surface area contributed by atoms with E-state index in [-0.39, 0.29) is 37.3 Å². The summed E-state index contributed by atoms with van der Waals surface area (Å²) in [4.78, 5) is 0. The Hall–Kier alpha value is -1.45. The molecular formula is C12H14Cl2N2O. The lowest BCUT2D eigenvalue weighted by Crippen LogP contribution is -2.19. The lowest BCUT2D eigenvalue weighted by atomic mass is 10.1. The SMILES string of the molecule is Cl.Cl.N=C(N)COc1ccc2ccccc2c1. The van der Waals surface area contributed by atoms with Crippen molar-refractivity contribution in [2.24, 2.45) is 5.73 Å². The molecular weight excluding hydrogens is 259 g/mol. The van der Waals surface area contributed by atoms with Gasteiger partial charge in [0.05, 0.1) is 0 Å². The first-order valence-electron chi connectivity index (χ1n) is 4.70. The van der Waals surface area contributed by atoms with Crippen molar-refractivity contribution in [3.63, 3.8) is 0 Å². The summed E-state index contributed by atoms with van der Waals surface area (Å²) in [7, 11) is 0. The zero-order valence-corrected chi connectivity index (χ0v) is 10.7. The van der Waals surface area contributed by atoms with Gasteiger partial charge in [-0.3, -0.25) is 5.41 Å². The van der Waals surface area contributed by atoms with Crippen molar-refractivity contribution in [3.05, 3.63) is 42.5 Å². The fourth-order valence-corrected chi connectivity index (χ4v) is 1.42. The fourth-order valence-electron chi connectivity index (χ4n) is 1.42. The number of nitrogens with two attached hydrogens (primary N) is 1. The zero-order valence-electron chi connectivity index (χ0n) is 9.05. The number of halogens is 2. The van der Waals surface area contributed by atoms with Crippen LogP contribution in [0, 0.1) is 5.41 Å². The van der Waals surface area contributed by atoms with Crippen LogP contribution in [-0.4, -0.2) is 12.4 Å². The normalized spacial score (nSPS) is 8.94. The summed E-state index contributed by atoms with van der Waals surface area (Å²) < 4.78 is 5.33. The maximum Gasteiger partial charge on any atom is 0.145 e. The van der Waals surface area contributed by atoms with Gasteiger partial charge in [0.2, 0.25) is 0 Å². The van der Waals surface area contributed by atoms with Crippen LogP contribution in [0.2, 0.25) is 0 Å². The van der Waals surface area contributed by atoms with Crippen LogP contribution in [0.5, 0.6) is 5.75 Å². The van der Waals surface area contributed by atoms with Crippen LogP contribution in [0.15, 0.2) is 42.5 Å². The van der Waals surface area contributed by atoms with E-state index in [9.17, 15) is 0 Å². The van der Waals surface area contributed by atoms with E-state index in [1.165, 1.54) is 5.39 Å². The second kappa shape index (κ2) is 6.99. The molecule has 0 unspecified atom stereocenters. The van der Waals surface area contributed by atoms with Gasteiger partial charge in [-0.1, -0.05) is 30.3 Å². The molecule has 0 aliphatic heterocycles. The Morgan fingerprint density at radius 2 is 1.71 bits per heavy atom. The molecule has 0 aliphatic carbocycles.